The zero-order valence-corrected chi connectivity index (χ0v) is 8.36. The van der Waals surface area contributed by atoms with Crippen LogP contribution < -0.4 is 0 Å². The van der Waals surface area contributed by atoms with Crippen molar-refractivity contribution in [2.45, 2.75) is 31.5 Å². The van der Waals surface area contributed by atoms with Crippen LogP contribution in [0.1, 0.15) is 19.3 Å². The summed E-state index contributed by atoms with van der Waals surface area (Å²) in [6.07, 6.45) is 6.97. The van der Waals surface area contributed by atoms with Crippen molar-refractivity contribution in [1.82, 2.24) is 0 Å². The van der Waals surface area contributed by atoms with Gasteiger partial charge in [0.2, 0.25) is 0 Å². The normalized spacial score (nSPS) is 54.7. The molecule has 4 aliphatic rings. The molecule has 0 N–H and O–H groups in total. The molecule has 3 fully saturated rings. The van der Waals surface area contributed by atoms with Crippen molar-refractivity contribution in [2.24, 2.45) is 10.8 Å². The van der Waals surface area contributed by atoms with Gasteiger partial charge in [0.1, 0.15) is 11.2 Å². The van der Waals surface area contributed by atoms with Crippen LogP contribution in [0.15, 0.2) is 24.5 Å². The molecule has 1 aliphatic carbocycles. The van der Waals surface area contributed by atoms with Crippen molar-refractivity contribution >= 4 is 5.97 Å². The fourth-order valence-electron chi connectivity index (χ4n) is 4.14. The van der Waals surface area contributed by atoms with Crippen molar-refractivity contribution in [2.75, 3.05) is 0 Å². The van der Waals surface area contributed by atoms with E-state index in [9.17, 15) is 4.79 Å². The topological polar surface area (TPSA) is 35.5 Å². The van der Waals surface area contributed by atoms with Crippen LogP contribution in [0.4, 0.5) is 0 Å². The molecule has 3 nitrogen and oxygen atoms in total. The van der Waals surface area contributed by atoms with Crippen LogP contribution in [-0.2, 0) is 14.3 Å². The van der Waals surface area contributed by atoms with Gasteiger partial charge in [-0.1, -0.05) is 25.2 Å². The van der Waals surface area contributed by atoms with E-state index in [4.69, 9.17) is 9.47 Å². The van der Waals surface area contributed by atoms with Crippen molar-refractivity contribution in [3.05, 3.63) is 24.5 Å². The quantitative estimate of drug-likeness (QED) is 0.443. The van der Waals surface area contributed by atoms with Crippen molar-refractivity contribution in [1.29, 1.82) is 0 Å². The molecule has 4 atom stereocenters. The molecule has 78 valence electrons. The van der Waals surface area contributed by atoms with Crippen LogP contribution in [0.3, 0.4) is 0 Å². The molecule has 0 aromatic heterocycles. The first kappa shape index (κ1) is 8.11. The molecule has 3 heteroatoms. The fourth-order valence-corrected chi connectivity index (χ4v) is 4.14. The van der Waals surface area contributed by atoms with E-state index in [1.807, 2.05) is 6.08 Å². The van der Waals surface area contributed by atoms with Crippen LogP contribution >= 0.6 is 0 Å². The van der Waals surface area contributed by atoms with E-state index in [2.05, 4.69) is 12.7 Å². The summed E-state index contributed by atoms with van der Waals surface area (Å²) in [5.74, 6) is 0.531. The summed E-state index contributed by atoms with van der Waals surface area (Å²) in [6, 6.07) is 0. The van der Waals surface area contributed by atoms with E-state index in [-0.39, 0.29) is 23.6 Å². The Morgan fingerprint density at radius 1 is 1.27 bits per heavy atom. The van der Waals surface area contributed by atoms with E-state index in [0.29, 0.717) is 5.76 Å². The minimum atomic E-state index is -0.427. The maximum absolute atomic E-state index is 12.1. The van der Waals surface area contributed by atoms with Crippen LogP contribution in [0.25, 0.3) is 0 Å². The lowest BCUT2D eigenvalue weighted by Crippen LogP contribution is -2.44. The summed E-state index contributed by atoms with van der Waals surface area (Å²) in [7, 11) is 0. The number of hydrogen-bond donors (Lipinski definition) is 0. The zero-order chi connectivity index (χ0) is 10.3. The van der Waals surface area contributed by atoms with Gasteiger partial charge in [0.15, 0.2) is 0 Å². The number of cyclic esters (lactones) is 1. The predicted molar refractivity (Wildman–Crippen MR) is 51.8 cm³/mol. The van der Waals surface area contributed by atoms with Gasteiger partial charge in [0.05, 0.1) is 17.6 Å². The molecule has 15 heavy (non-hydrogen) atoms. The lowest BCUT2D eigenvalue weighted by Gasteiger charge is -2.33. The van der Waals surface area contributed by atoms with Crippen LogP contribution in [0, 0.1) is 10.8 Å². The minimum Gasteiger partial charge on any atom is -0.430 e. The molecule has 0 aromatic rings. The molecular formula is C12H12O3. The Hall–Kier alpha value is -1.09. The third-order valence-electron chi connectivity index (χ3n) is 4.74. The monoisotopic (exact) mass is 204 g/mol. The Balaban J connectivity index is 2.05. The van der Waals surface area contributed by atoms with E-state index < -0.39 is 5.41 Å². The summed E-state index contributed by atoms with van der Waals surface area (Å²) in [5.41, 5.74) is -0.660. The predicted octanol–water partition coefficient (Wildman–Crippen LogP) is 1.55. The van der Waals surface area contributed by atoms with Crippen molar-refractivity contribution < 1.29 is 14.3 Å². The lowest BCUT2D eigenvalue weighted by atomic mass is 9.61. The van der Waals surface area contributed by atoms with Gasteiger partial charge in [-0.15, -0.1) is 0 Å². The smallest absolute Gasteiger partial charge is 0.321 e. The number of fused-ring (bicyclic) bond motifs is 2. The number of hydrogen-bond acceptors (Lipinski definition) is 3. The zero-order valence-electron chi connectivity index (χ0n) is 8.36. The van der Waals surface area contributed by atoms with Gasteiger partial charge in [-0.3, -0.25) is 4.79 Å². The van der Waals surface area contributed by atoms with Gasteiger partial charge in [0.25, 0.3) is 0 Å². The Morgan fingerprint density at radius 3 is 2.67 bits per heavy atom. The number of carbonyl (C=O) groups is 1. The molecule has 0 radical (unpaired) electrons. The highest BCUT2D eigenvalue weighted by atomic mass is 16.6. The molecule has 2 saturated heterocycles. The number of ether oxygens (including phenoxy) is 2. The lowest BCUT2D eigenvalue weighted by molar-refractivity contribution is -0.147. The summed E-state index contributed by atoms with van der Waals surface area (Å²) in [5, 5.41) is 0. The third kappa shape index (κ3) is 0.549. The Morgan fingerprint density at radius 2 is 1.93 bits per heavy atom. The number of carbonyl (C=O) groups excluding carboxylic acids is 1. The Kier molecular flexibility index (Phi) is 1.11. The fraction of sp³-hybridized carbons (Fsp3) is 0.583. The summed E-state index contributed by atoms with van der Waals surface area (Å²) in [4.78, 5) is 12.1. The van der Waals surface area contributed by atoms with Gasteiger partial charge in [-0.05, 0) is 12.8 Å². The molecule has 1 saturated carbocycles. The van der Waals surface area contributed by atoms with E-state index in [1.165, 1.54) is 0 Å². The summed E-state index contributed by atoms with van der Waals surface area (Å²) in [6.45, 7) is 3.94. The maximum atomic E-state index is 12.1. The first-order chi connectivity index (χ1) is 7.22. The number of rotatable bonds is 0. The van der Waals surface area contributed by atoms with Crippen molar-refractivity contribution in [3.8, 4) is 0 Å². The summed E-state index contributed by atoms with van der Waals surface area (Å²) < 4.78 is 11.2. The Bertz CT molecular complexity index is 389. The maximum Gasteiger partial charge on any atom is 0.321 e. The molecule has 2 bridgehead atoms. The van der Waals surface area contributed by atoms with E-state index >= 15 is 0 Å². The van der Waals surface area contributed by atoms with Gasteiger partial charge in [0, 0.05) is 0 Å². The first-order valence-electron chi connectivity index (χ1n) is 5.47. The van der Waals surface area contributed by atoms with E-state index in [0.717, 1.165) is 19.3 Å². The second-order valence-corrected chi connectivity index (χ2v) is 4.97. The minimum absolute atomic E-state index is 0.0175. The third-order valence-corrected chi connectivity index (χ3v) is 4.74. The SMILES string of the molecule is C=C1OC(=O)C23CCCC12C1C=CC3O1. The van der Waals surface area contributed by atoms with Gasteiger partial charge in [-0.2, -0.15) is 0 Å². The average molecular weight is 204 g/mol. The van der Waals surface area contributed by atoms with Gasteiger partial charge in [-0.25, -0.2) is 0 Å². The molecule has 4 rings (SSSR count). The van der Waals surface area contributed by atoms with Gasteiger partial charge < -0.3 is 9.47 Å². The van der Waals surface area contributed by atoms with Crippen LogP contribution in [0.2, 0.25) is 0 Å². The molecule has 0 aromatic carbocycles. The number of esters is 1. The highest BCUT2D eigenvalue weighted by molar-refractivity contribution is 5.86. The highest BCUT2D eigenvalue weighted by Crippen LogP contribution is 2.72. The van der Waals surface area contributed by atoms with Crippen molar-refractivity contribution in [3.63, 3.8) is 0 Å². The molecule has 0 amide bonds. The first-order valence-corrected chi connectivity index (χ1v) is 5.47. The van der Waals surface area contributed by atoms with E-state index in [1.54, 1.807) is 0 Å². The average Bonchev–Trinajstić information content (AvgIpc) is 2.89. The second-order valence-electron chi connectivity index (χ2n) is 4.97. The molecule has 3 aliphatic heterocycles. The van der Waals surface area contributed by atoms with Crippen LogP contribution in [-0.4, -0.2) is 18.2 Å². The van der Waals surface area contributed by atoms with Crippen LogP contribution in [0.5, 0.6) is 0 Å². The standard InChI is InChI=1S/C12H12O3/c1-7-11-5-2-6-12(11,10(13)14-7)9-4-3-8(11)15-9/h3-4,8-9H,1-2,5-6H2. The largest absolute Gasteiger partial charge is 0.430 e. The summed E-state index contributed by atoms with van der Waals surface area (Å²) >= 11 is 0. The van der Waals surface area contributed by atoms with Gasteiger partial charge >= 0.3 is 5.97 Å². The molecule has 0 spiro atoms. The molecular weight excluding hydrogens is 192 g/mol. The Labute approximate surface area is 87.7 Å². The molecule has 4 unspecified atom stereocenters. The second kappa shape index (κ2) is 2.05. The molecule has 3 heterocycles. The highest BCUT2D eigenvalue weighted by Gasteiger charge is 2.78.